The van der Waals surface area contributed by atoms with Crippen LogP contribution in [0.25, 0.3) is 0 Å². The molecule has 0 saturated carbocycles. The second-order valence-corrected chi connectivity index (χ2v) is 6.70. The maximum atomic E-state index is 12.9. The zero-order valence-electron chi connectivity index (χ0n) is 12.9. The Labute approximate surface area is 147 Å². The fourth-order valence-electron chi connectivity index (χ4n) is 1.95. The predicted molar refractivity (Wildman–Crippen MR) is 93.4 cm³/mol. The summed E-state index contributed by atoms with van der Waals surface area (Å²) in [5.41, 5.74) is 0.681. The molecule has 24 heavy (non-hydrogen) atoms. The van der Waals surface area contributed by atoms with Gasteiger partial charge in [0.1, 0.15) is 10.8 Å². The van der Waals surface area contributed by atoms with Crippen LogP contribution in [0.3, 0.4) is 0 Å². The van der Waals surface area contributed by atoms with Crippen LogP contribution >= 0.6 is 22.9 Å². The molecule has 124 valence electrons. The molecule has 9 heteroatoms. The molecule has 0 radical (unpaired) electrons. The summed E-state index contributed by atoms with van der Waals surface area (Å²) in [6.45, 7) is 3.85. The van der Waals surface area contributed by atoms with E-state index < -0.39 is 0 Å². The topological polar surface area (TPSA) is 75.6 Å². The zero-order valence-corrected chi connectivity index (χ0v) is 14.5. The Morgan fingerprint density at radius 3 is 2.67 bits per heavy atom. The van der Waals surface area contributed by atoms with Crippen molar-refractivity contribution in [2.75, 3.05) is 10.6 Å². The van der Waals surface area contributed by atoms with Crippen molar-refractivity contribution < 1.29 is 4.39 Å². The number of nitrogens with zero attached hydrogens (tertiary/aromatic N) is 4. The first-order valence-corrected chi connectivity index (χ1v) is 8.30. The third-order valence-electron chi connectivity index (χ3n) is 3.13. The fraction of sp³-hybridized carbons (Fsp3) is 0.200. The van der Waals surface area contributed by atoms with E-state index >= 15 is 0 Å². The van der Waals surface area contributed by atoms with Gasteiger partial charge in [-0.15, -0.1) is 11.3 Å². The van der Waals surface area contributed by atoms with Gasteiger partial charge < -0.3 is 10.6 Å². The lowest BCUT2D eigenvalue weighted by molar-refractivity contribution is 0.617. The molecule has 6 nitrogen and oxygen atoms in total. The molecule has 0 aliphatic rings. The lowest BCUT2D eigenvalue weighted by Gasteiger charge is -2.14. The summed E-state index contributed by atoms with van der Waals surface area (Å²) in [4.78, 5) is 17.9. The summed E-state index contributed by atoms with van der Waals surface area (Å²) in [6.07, 6.45) is 4.45. The molecule has 0 fully saturated rings. The summed E-state index contributed by atoms with van der Waals surface area (Å²) in [5, 5.41) is 7.28. The van der Waals surface area contributed by atoms with Crippen molar-refractivity contribution in [3.8, 4) is 0 Å². The van der Waals surface area contributed by atoms with Crippen LogP contribution in [0.1, 0.15) is 23.5 Å². The van der Waals surface area contributed by atoms with Crippen LogP contribution in [-0.2, 0) is 0 Å². The Bertz CT molecular complexity index is 838. The zero-order chi connectivity index (χ0) is 17.1. The molecular weight excluding hydrogens is 351 g/mol. The van der Waals surface area contributed by atoms with Crippen LogP contribution in [0, 0.1) is 12.7 Å². The van der Waals surface area contributed by atoms with E-state index in [0.29, 0.717) is 27.6 Å². The minimum atomic E-state index is -0.376. The fourth-order valence-corrected chi connectivity index (χ4v) is 2.75. The standard InChI is InChI=1S/C15H14ClFN6S/c1-8-5-20-15(24-8)23-13-11(16)7-19-14(22-13)21-9(2)12-4-3-10(17)6-18-12/h3-7,9H,1-2H3,(H2,19,20,21,22,23)/t9-/m0/s1. The van der Waals surface area contributed by atoms with E-state index in [0.717, 1.165) is 4.88 Å². The summed E-state index contributed by atoms with van der Waals surface area (Å²) < 4.78 is 12.9. The number of pyridine rings is 1. The minimum Gasteiger partial charge on any atom is -0.346 e. The van der Waals surface area contributed by atoms with E-state index in [9.17, 15) is 4.39 Å². The first-order chi connectivity index (χ1) is 11.5. The third kappa shape index (κ3) is 3.95. The molecule has 0 amide bonds. The summed E-state index contributed by atoms with van der Waals surface area (Å²) in [7, 11) is 0. The molecule has 0 saturated heterocycles. The number of rotatable bonds is 5. The molecule has 0 unspecified atom stereocenters. The Balaban J connectivity index is 1.76. The lowest BCUT2D eigenvalue weighted by Crippen LogP contribution is -2.11. The van der Waals surface area contributed by atoms with Crippen LogP contribution in [0.4, 0.5) is 21.3 Å². The monoisotopic (exact) mass is 364 g/mol. The molecule has 2 N–H and O–H groups in total. The molecule has 3 aromatic heterocycles. The summed E-state index contributed by atoms with van der Waals surface area (Å²) >= 11 is 7.63. The maximum absolute atomic E-state index is 12.9. The van der Waals surface area contributed by atoms with E-state index in [1.165, 1.54) is 29.8 Å². The summed E-state index contributed by atoms with van der Waals surface area (Å²) in [5.74, 6) is 0.468. The molecule has 3 rings (SSSR count). The van der Waals surface area contributed by atoms with Gasteiger partial charge >= 0.3 is 0 Å². The van der Waals surface area contributed by atoms with Crippen molar-refractivity contribution in [3.05, 3.63) is 52.1 Å². The number of anilines is 3. The van der Waals surface area contributed by atoms with Crippen LogP contribution in [0.2, 0.25) is 5.02 Å². The van der Waals surface area contributed by atoms with Gasteiger partial charge in [-0.1, -0.05) is 11.6 Å². The van der Waals surface area contributed by atoms with Gasteiger partial charge in [-0.05, 0) is 26.0 Å². The smallest absolute Gasteiger partial charge is 0.225 e. The number of hydrogen-bond acceptors (Lipinski definition) is 7. The average Bonchev–Trinajstić information content (AvgIpc) is 2.96. The van der Waals surface area contributed by atoms with Gasteiger partial charge in [0.05, 0.1) is 24.1 Å². The largest absolute Gasteiger partial charge is 0.346 e. The number of thiazole rings is 1. The normalized spacial score (nSPS) is 12.0. The molecule has 0 aliphatic heterocycles. The van der Waals surface area contributed by atoms with Crippen molar-refractivity contribution in [2.45, 2.75) is 19.9 Å². The summed E-state index contributed by atoms with van der Waals surface area (Å²) in [6, 6.07) is 2.78. The molecule has 0 aliphatic carbocycles. The molecule has 3 aromatic rings. The van der Waals surface area contributed by atoms with Crippen LogP contribution in [-0.4, -0.2) is 19.9 Å². The van der Waals surface area contributed by atoms with Crippen molar-refractivity contribution in [2.24, 2.45) is 0 Å². The number of nitrogens with one attached hydrogen (secondary N) is 2. The Hall–Kier alpha value is -2.32. The van der Waals surface area contributed by atoms with Gasteiger partial charge in [-0.2, -0.15) is 4.98 Å². The van der Waals surface area contributed by atoms with Crippen molar-refractivity contribution >= 4 is 39.8 Å². The highest BCUT2D eigenvalue weighted by atomic mass is 35.5. The van der Waals surface area contributed by atoms with Gasteiger partial charge in [0.25, 0.3) is 0 Å². The lowest BCUT2D eigenvalue weighted by atomic mass is 10.2. The van der Waals surface area contributed by atoms with Gasteiger partial charge in [0.15, 0.2) is 10.9 Å². The third-order valence-corrected chi connectivity index (χ3v) is 4.24. The van der Waals surface area contributed by atoms with E-state index in [-0.39, 0.29) is 11.9 Å². The van der Waals surface area contributed by atoms with Gasteiger partial charge in [0.2, 0.25) is 5.95 Å². The molecule has 0 aromatic carbocycles. The predicted octanol–water partition coefficient (Wildman–Crippen LogP) is 4.35. The van der Waals surface area contributed by atoms with Gasteiger partial charge in [0, 0.05) is 11.1 Å². The van der Waals surface area contributed by atoms with Crippen molar-refractivity contribution in [1.82, 2.24) is 19.9 Å². The minimum absolute atomic E-state index is 0.193. The second kappa shape index (κ2) is 7.06. The van der Waals surface area contributed by atoms with Crippen molar-refractivity contribution in [1.29, 1.82) is 0 Å². The van der Waals surface area contributed by atoms with Crippen LogP contribution in [0.15, 0.2) is 30.7 Å². The highest BCUT2D eigenvalue weighted by Gasteiger charge is 2.12. The molecule has 1 atom stereocenters. The SMILES string of the molecule is Cc1cnc(Nc2nc(N[C@@H](C)c3ccc(F)cn3)ncc2Cl)s1. The van der Waals surface area contributed by atoms with Crippen LogP contribution in [0.5, 0.6) is 0 Å². The Morgan fingerprint density at radius 1 is 1.17 bits per heavy atom. The number of aromatic nitrogens is 4. The van der Waals surface area contributed by atoms with E-state index in [1.54, 1.807) is 12.3 Å². The molecular formula is C15H14ClFN6S. The highest BCUT2D eigenvalue weighted by Crippen LogP contribution is 2.27. The molecule has 0 spiro atoms. The quantitative estimate of drug-likeness (QED) is 0.701. The highest BCUT2D eigenvalue weighted by molar-refractivity contribution is 7.15. The maximum Gasteiger partial charge on any atom is 0.225 e. The Morgan fingerprint density at radius 2 is 2.00 bits per heavy atom. The van der Waals surface area contributed by atoms with E-state index in [4.69, 9.17) is 11.6 Å². The number of hydrogen-bond donors (Lipinski definition) is 2. The number of aryl methyl sites for hydroxylation is 1. The second-order valence-electron chi connectivity index (χ2n) is 5.06. The molecule has 0 bridgehead atoms. The Kier molecular flexibility index (Phi) is 4.86. The van der Waals surface area contributed by atoms with Crippen LogP contribution < -0.4 is 10.6 Å². The number of halogens is 2. The first kappa shape index (κ1) is 16.5. The van der Waals surface area contributed by atoms with E-state index in [1.807, 2.05) is 13.8 Å². The van der Waals surface area contributed by atoms with Gasteiger partial charge in [-0.3, -0.25) is 4.98 Å². The molecule has 3 heterocycles. The first-order valence-electron chi connectivity index (χ1n) is 7.11. The average molecular weight is 365 g/mol. The van der Waals surface area contributed by atoms with Gasteiger partial charge in [-0.25, -0.2) is 14.4 Å². The van der Waals surface area contributed by atoms with Crippen molar-refractivity contribution in [3.63, 3.8) is 0 Å². The van der Waals surface area contributed by atoms with E-state index in [2.05, 4.69) is 30.6 Å².